The summed E-state index contributed by atoms with van der Waals surface area (Å²) in [5.74, 6) is 6.08. The standard InChI is InChI=1S/C39H31ClN8O4S/c1-22-30(53-39-33(22)35(25-10-12-26(40)13-11-25)41-19-31-45-44-23(2)47(31)39)16-14-27-20-46(21-42-27)18-5-3-4-7-24-8-6-9-28-34(24)38(52)48(37(28)51)29-15-17-32(49)43-36(29)50/h4,6-13,20-21,29H,3,5,15,17-19H2,1-2H3,(H,43,49,50)/b7-4+. The first-order valence-electron chi connectivity index (χ1n) is 17.1. The third kappa shape index (κ3) is 6.30. The van der Waals surface area contributed by atoms with Gasteiger partial charge in [0.1, 0.15) is 29.1 Å². The number of imide groups is 2. The molecule has 3 aliphatic rings. The molecule has 6 heterocycles. The Morgan fingerprint density at radius 2 is 1.85 bits per heavy atom. The fraction of sp³-hybridized carbons (Fsp3) is 0.231. The van der Waals surface area contributed by atoms with Crippen molar-refractivity contribution in [3.63, 3.8) is 0 Å². The SMILES string of the molecule is Cc1c(C#Cc2cn(CCC/C=C/c3cccc4c3C(=O)N(C3CCC(=O)NC3=O)C4=O)cn2)sc2c1C(c1ccc(Cl)cc1)=NCc1nnc(C)n1-2. The molecule has 5 aromatic rings. The van der Waals surface area contributed by atoms with E-state index in [4.69, 9.17) is 16.6 Å². The van der Waals surface area contributed by atoms with Gasteiger partial charge in [-0.3, -0.25) is 39.0 Å². The number of amides is 4. The first-order chi connectivity index (χ1) is 25.7. The minimum absolute atomic E-state index is 0.0748. The van der Waals surface area contributed by atoms with Gasteiger partial charge in [-0.2, -0.15) is 0 Å². The monoisotopic (exact) mass is 742 g/mol. The molecular formula is C39H31ClN8O4S. The van der Waals surface area contributed by atoms with Crippen LogP contribution in [0, 0.1) is 25.7 Å². The Morgan fingerprint density at radius 3 is 2.66 bits per heavy atom. The number of carbonyl (C=O) groups is 4. The number of nitrogens with zero attached hydrogens (tertiary/aromatic N) is 7. The molecule has 4 amide bonds. The van der Waals surface area contributed by atoms with Crippen LogP contribution in [0.4, 0.5) is 0 Å². The van der Waals surface area contributed by atoms with Crippen LogP contribution in [0.1, 0.15) is 90.9 Å². The Hall–Kier alpha value is -5.97. The number of imidazole rings is 1. The van der Waals surface area contributed by atoms with E-state index in [1.165, 1.54) is 0 Å². The second-order valence-electron chi connectivity index (χ2n) is 12.9. The van der Waals surface area contributed by atoms with E-state index in [9.17, 15) is 19.2 Å². The summed E-state index contributed by atoms with van der Waals surface area (Å²) >= 11 is 7.78. The Kier molecular flexibility index (Phi) is 8.93. The van der Waals surface area contributed by atoms with Crippen LogP contribution in [0.15, 0.2) is 66.1 Å². The van der Waals surface area contributed by atoms with Crippen molar-refractivity contribution >= 4 is 58.4 Å². The van der Waals surface area contributed by atoms with Crippen molar-refractivity contribution in [2.75, 3.05) is 0 Å². The number of rotatable bonds is 7. The number of aliphatic imine (C=N–C) groups is 1. The van der Waals surface area contributed by atoms with Crippen LogP contribution in [0.25, 0.3) is 11.1 Å². The Labute approximate surface area is 313 Å². The highest BCUT2D eigenvalue weighted by atomic mass is 35.5. The number of hydrogen-bond acceptors (Lipinski definition) is 9. The van der Waals surface area contributed by atoms with Crippen LogP contribution in [0.3, 0.4) is 0 Å². The zero-order valence-corrected chi connectivity index (χ0v) is 30.3. The van der Waals surface area contributed by atoms with Crippen LogP contribution in [0.2, 0.25) is 5.02 Å². The molecule has 1 fully saturated rings. The Balaban J connectivity index is 0.943. The van der Waals surface area contributed by atoms with Gasteiger partial charge in [0.2, 0.25) is 11.8 Å². The zero-order chi connectivity index (χ0) is 36.8. The van der Waals surface area contributed by atoms with Gasteiger partial charge < -0.3 is 4.57 Å². The lowest BCUT2D eigenvalue weighted by Crippen LogP contribution is -2.54. The van der Waals surface area contributed by atoms with Crippen molar-refractivity contribution in [3.05, 3.63) is 122 Å². The van der Waals surface area contributed by atoms with E-state index in [0.29, 0.717) is 35.8 Å². The summed E-state index contributed by atoms with van der Waals surface area (Å²) in [6, 6.07) is 11.8. The average molecular weight is 743 g/mol. The number of hydrogen-bond donors (Lipinski definition) is 1. The Bertz CT molecular complexity index is 2480. The van der Waals surface area contributed by atoms with Crippen molar-refractivity contribution in [2.45, 2.75) is 58.7 Å². The van der Waals surface area contributed by atoms with Gasteiger partial charge in [-0.1, -0.05) is 48.0 Å². The summed E-state index contributed by atoms with van der Waals surface area (Å²) < 4.78 is 4.05. The summed E-state index contributed by atoms with van der Waals surface area (Å²) in [7, 11) is 0. The number of thiophene rings is 1. The fourth-order valence-corrected chi connectivity index (χ4v) is 8.21. The van der Waals surface area contributed by atoms with Gasteiger partial charge in [0.25, 0.3) is 11.8 Å². The predicted molar refractivity (Wildman–Crippen MR) is 199 cm³/mol. The molecule has 53 heavy (non-hydrogen) atoms. The topological polar surface area (TPSA) is 144 Å². The van der Waals surface area contributed by atoms with Gasteiger partial charge in [-0.05, 0) is 74.3 Å². The summed E-state index contributed by atoms with van der Waals surface area (Å²) in [6.07, 6.45) is 9.19. The normalized spacial score (nSPS) is 16.5. The number of aryl methyl sites for hydroxylation is 2. The number of nitrogens with one attached hydrogen (secondary N) is 1. The number of benzene rings is 2. The number of halogens is 1. The van der Waals surface area contributed by atoms with Gasteiger partial charge in [-0.25, -0.2) is 4.98 Å². The van der Waals surface area contributed by atoms with Crippen molar-refractivity contribution in [1.29, 1.82) is 0 Å². The molecule has 0 spiro atoms. The molecular weight excluding hydrogens is 712 g/mol. The van der Waals surface area contributed by atoms with Crippen LogP contribution in [-0.2, 0) is 22.7 Å². The number of allylic oxidation sites excluding steroid dienone is 1. The molecule has 1 unspecified atom stereocenters. The molecule has 1 N–H and O–H groups in total. The molecule has 0 saturated carbocycles. The molecule has 1 atom stereocenters. The molecule has 14 heteroatoms. The Morgan fingerprint density at radius 1 is 1.02 bits per heavy atom. The largest absolute Gasteiger partial charge is 0.336 e. The smallest absolute Gasteiger partial charge is 0.262 e. The van der Waals surface area contributed by atoms with E-state index in [-0.39, 0.29) is 24.0 Å². The van der Waals surface area contributed by atoms with E-state index in [2.05, 4.69) is 43.8 Å². The lowest BCUT2D eigenvalue weighted by Gasteiger charge is -2.27. The van der Waals surface area contributed by atoms with E-state index in [0.717, 1.165) is 55.2 Å². The highest BCUT2D eigenvalue weighted by molar-refractivity contribution is 7.15. The van der Waals surface area contributed by atoms with Gasteiger partial charge >= 0.3 is 0 Å². The molecule has 0 aliphatic carbocycles. The number of carbonyl (C=O) groups excluding carboxylic acids is 4. The highest BCUT2D eigenvalue weighted by Gasteiger charge is 2.45. The van der Waals surface area contributed by atoms with Gasteiger partial charge in [-0.15, -0.1) is 21.5 Å². The molecule has 2 aromatic carbocycles. The first kappa shape index (κ1) is 34.1. The van der Waals surface area contributed by atoms with Crippen LogP contribution in [-0.4, -0.2) is 64.6 Å². The second-order valence-corrected chi connectivity index (χ2v) is 14.4. The molecule has 3 aliphatic heterocycles. The zero-order valence-electron chi connectivity index (χ0n) is 28.7. The quantitative estimate of drug-likeness (QED) is 0.133. The van der Waals surface area contributed by atoms with Crippen LogP contribution >= 0.6 is 22.9 Å². The van der Waals surface area contributed by atoms with E-state index >= 15 is 0 Å². The predicted octanol–water partition coefficient (Wildman–Crippen LogP) is 5.44. The van der Waals surface area contributed by atoms with E-state index in [1.54, 1.807) is 35.9 Å². The average Bonchev–Trinajstić information content (AvgIpc) is 3.87. The molecule has 8 rings (SSSR count). The maximum absolute atomic E-state index is 13.4. The molecule has 1 saturated heterocycles. The van der Waals surface area contributed by atoms with Gasteiger partial charge in [0.15, 0.2) is 5.82 Å². The van der Waals surface area contributed by atoms with Gasteiger partial charge in [0, 0.05) is 35.3 Å². The lowest BCUT2D eigenvalue weighted by atomic mass is 10.00. The molecule has 0 radical (unpaired) electrons. The fourth-order valence-electron chi connectivity index (χ4n) is 6.85. The van der Waals surface area contributed by atoms with Crippen molar-refractivity contribution in [1.82, 2.24) is 34.5 Å². The maximum atomic E-state index is 13.4. The number of piperidine rings is 1. The highest BCUT2D eigenvalue weighted by Crippen LogP contribution is 2.37. The minimum atomic E-state index is -0.999. The van der Waals surface area contributed by atoms with Crippen molar-refractivity contribution in [2.24, 2.45) is 4.99 Å². The van der Waals surface area contributed by atoms with Crippen LogP contribution < -0.4 is 5.32 Å². The van der Waals surface area contributed by atoms with Crippen molar-refractivity contribution < 1.29 is 19.2 Å². The third-order valence-electron chi connectivity index (χ3n) is 9.48. The number of fused-ring (bicyclic) bond motifs is 4. The second kappa shape index (κ2) is 13.9. The summed E-state index contributed by atoms with van der Waals surface area (Å²) in [4.78, 5) is 61.9. The summed E-state index contributed by atoms with van der Waals surface area (Å²) in [6.45, 7) is 5.11. The number of unbranched alkanes of at least 4 members (excludes halogenated alkanes) is 1. The lowest BCUT2D eigenvalue weighted by molar-refractivity contribution is -0.136. The summed E-state index contributed by atoms with van der Waals surface area (Å²) in [5, 5.41) is 12.6. The minimum Gasteiger partial charge on any atom is -0.336 e. The van der Waals surface area contributed by atoms with E-state index in [1.807, 2.05) is 54.1 Å². The summed E-state index contributed by atoms with van der Waals surface area (Å²) in [5.41, 5.74) is 5.66. The maximum Gasteiger partial charge on any atom is 0.262 e. The van der Waals surface area contributed by atoms with Crippen molar-refractivity contribution in [3.8, 4) is 16.8 Å². The van der Waals surface area contributed by atoms with Gasteiger partial charge in [0.05, 0.1) is 28.0 Å². The van der Waals surface area contributed by atoms with Crippen LogP contribution in [0.5, 0.6) is 0 Å². The molecule has 12 nitrogen and oxygen atoms in total. The molecule has 0 bridgehead atoms. The van der Waals surface area contributed by atoms with E-state index < -0.39 is 29.7 Å². The molecule has 3 aromatic heterocycles. The first-order valence-corrected chi connectivity index (χ1v) is 18.3. The molecule has 264 valence electrons. The third-order valence-corrected chi connectivity index (χ3v) is 10.9. The number of aromatic nitrogens is 5.